The molecule has 1 aromatic carbocycles. The number of likely N-dealkylation sites (tertiary alicyclic amines) is 1. The first-order valence-corrected chi connectivity index (χ1v) is 10.7. The van der Waals surface area contributed by atoms with Crippen LogP contribution in [0.5, 0.6) is 11.5 Å². The normalized spacial score (nSPS) is 16.1. The van der Waals surface area contributed by atoms with Gasteiger partial charge in [-0.3, -0.25) is 14.3 Å². The molecule has 9 nitrogen and oxygen atoms in total. The zero-order valence-electron chi connectivity index (χ0n) is 18.7. The Balaban J connectivity index is 1.68. The van der Waals surface area contributed by atoms with E-state index in [1.165, 1.54) is 0 Å². The van der Waals surface area contributed by atoms with E-state index in [0.29, 0.717) is 55.5 Å². The third kappa shape index (κ3) is 5.15. The van der Waals surface area contributed by atoms with Gasteiger partial charge in [0.15, 0.2) is 5.69 Å². The number of ether oxygens (including phenoxy) is 2. The maximum atomic E-state index is 13.2. The number of nitrogens with zero attached hydrogens (tertiary/aromatic N) is 5. The van der Waals surface area contributed by atoms with E-state index < -0.39 is 0 Å². The van der Waals surface area contributed by atoms with Crippen LogP contribution in [-0.2, 0) is 6.54 Å². The van der Waals surface area contributed by atoms with Gasteiger partial charge in [0.1, 0.15) is 11.5 Å². The lowest BCUT2D eigenvalue weighted by atomic mass is 9.97. The number of benzene rings is 1. The van der Waals surface area contributed by atoms with E-state index in [2.05, 4.69) is 10.3 Å². The minimum Gasteiger partial charge on any atom is -0.497 e. The molecule has 1 aliphatic rings. The monoisotopic (exact) mass is 429 g/mol. The number of carbonyl (C=O) groups excluding carboxylic acids is 2. The molecule has 1 aliphatic heterocycles. The van der Waals surface area contributed by atoms with Crippen LogP contribution >= 0.6 is 0 Å². The molecule has 0 aliphatic carbocycles. The first-order chi connectivity index (χ1) is 15.0. The average Bonchev–Trinajstić information content (AvgIpc) is 3.27. The van der Waals surface area contributed by atoms with Gasteiger partial charge in [0.05, 0.1) is 26.0 Å². The Labute approximate surface area is 182 Å². The second-order valence-corrected chi connectivity index (χ2v) is 7.63. The summed E-state index contributed by atoms with van der Waals surface area (Å²) in [5.74, 6) is 1.19. The molecule has 0 bridgehead atoms. The molecule has 3 rings (SSSR count). The number of rotatable bonds is 8. The van der Waals surface area contributed by atoms with Gasteiger partial charge >= 0.3 is 0 Å². The second kappa shape index (κ2) is 10.3. The summed E-state index contributed by atoms with van der Waals surface area (Å²) in [6.45, 7) is 7.06. The van der Waals surface area contributed by atoms with Crippen molar-refractivity contribution in [3.63, 3.8) is 0 Å². The van der Waals surface area contributed by atoms with Crippen molar-refractivity contribution in [2.75, 3.05) is 40.4 Å². The van der Waals surface area contributed by atoms with Crippen LogP contribution in [-0.4, -0.2) is 77.0 Å². The van der Waals surface area contributed by atoms with Crippen molar-refractivity contribution in [3.05, 3.63) is 35.7 Å². The lowest BCUT2D eigenvalue weighted by molar-refractivity contribution is 0.0655. The summed E-state index contributed by atoms with van der Waals surface area (Å²) in [6, 6.07) is 5.24. The predicted molar refractivity (Wildman–Crippen MR) is 115 cm³/mol. The van der Waals surface area contributed by atoms with Crippen LogP contribution in [0.1, 0.15) is 47.5 Å². The first-order valence-electron chi connectivity index (χ1n) is 10.7. The largest absolute Gasteiger partial charge is 0.497 e. The molecule has 1 saturated heterocycles. The van der Waals surface area contributed by atoms with Gasteiger partial charge in [0, 0.05) is 32.7 Å². The third-order valence-electron chi connectivity index (χ3n) is 5.70. The zero-order valence-corrected chi connectivity index (χ0v) is 18.7. The molecule has 0 saturated carbocycles. The number of hydrogen-bond donors (Lipinski definition) is 0. The Bertz CT molecular complexity index is 909. The highest BCUT2D eigenvalue weighted by atomic mass is 16.5. The van der Waals surface area contributed by atoms with Crippen molar-refractivity contribution in [2.24, 2.45) is 5.92 Å². The predicted octanol–water partition coefficient (Wildman–Crippen LogP) is 2.33. The van der Waals surface area contributed by atoms with Crippen LogP contribution in [0.2, 0.25) is 0 Å². The second-order valence-electron chi connectivity index (χ2n) is 7.63. The molecule has 1 fully saturated rings. The molecule has 0 radical (unpaired) electrons. The van der Waals surface area contributed by atoms with Gasteiger partial charge in [-0.15, -0.1) is 5.10 Å². The van der Waals surface area contributed by atoms with Crippen LogP contribution in [0.15, 0.2) is 24.4 Å². The molecule has 1 atom stereocenters. The molecule has 0 N–H and O–H groups in total. The zero-order chi connectivity index (χ0) is 22.4. The molecule has 1 unspecified atom stereocenters. The highest BCUT2D eigenvalue weighted by Crippen LogP contribution is 2.27. The molecule has 0 spiro atoms. The van der Waals surface area contributed by atoms with E-state index in [1.54, 1.807) is 48.2 Å². The van der Waals surface area contributed by atoms with Crippen LogP contribution in [0.25, 0.3) is 0 Å². The van der Waals surface area contributed by atoms with E-state index in [-0.39, 0.29) is 17.7 Å². The highest BCUT2D eigenvalue weighted by molar-refractivity contribution is 5.97. The highest BCUT2D eigenvalue weighted by Gasteiger charge is 2.27. The van der Waals surface area contributed by atoms with Crippen molar-refractivity contribution >= 4 is 11.8 Å². The lowest BCUT2D eigenvalue weighted by Crippen LogP contribution is -2.41. The quantitative estimate of drug-likeness (QED) is 0.640. The Morgan fingerprint density at radius 3 is 2.65 bits per heavy atom. The van der Waals surface area contributed by atoms with Gasteiger partial charge in [-0.05, 0) is 50.8 Å². The molecular weight excluding hydrogens is 398 g/mol. The van der Waals surface area contributed by atoms with E-state index in [4.69, 9.17) is 9.47 Å². The SMILES string of the molecule is CCN(CC)C(=O)c1cn(CC2CCCN(C(=O)c3cc(OC)ccc3OC)C2)nn1. The number of hydrogen-bond acceptors (Lipinski definition) is 6. The summed E-state index contributed by atoms with van der Waals surface area (Å²) in [5.41, 5.74) is 0.851. The molecule has 168 valence electrons. The summed E-state index contributed by atoms with van der Waals surface area (Å²) in [7, 11) is 3.13. The van der Waals surface area contributed by atoms with E-state index in [9.17, 15) is 9.59 Å². The molecule has 2 heterocycles. The van der Waals surface area contributed by atoms with Crippen LogP contribution < -0.4 is 9.47 Å². The summed E-state index contributed by atoms with van der Waals surface area (Å²) in [4.78, 5) is 29.2. The van der Waals surface area contributed by atoms with Crippen molar-refractivity contribution in [2.45, 2.75) is 33.2 Å². The number of aromatic nitrogens is 3. The van der Waals surface area contributed by atoms with Crippen LogP contribution in [0.4, 0.5) is 0 Å². The summed E-state index contributed by atoms with van der Waals surface area (Å²) < 4.78 is 12.4. The number of amides is 2. The van der Waals surface area contributed by atoms with E-state index in [0.717, 1.165) is 12.8 Å². The molecule has 1 aromatic heterocycles. The van der Waals surface area contributed by atoms with Gasteiger partial charge < -0.3 is 19.3 Å². The van der Waals surface area contributed by atoms with Crippen LogP contribution in [0.3, 0.4) is 0 Å². The van der Waals surface area contributed by atoms with Gasteiger partial charge in [-0.2, -0.15) is 0 Å². The third-order valence-corrected chi connectivity index (χ3v) is 5.70. The topological polar surface area (TPSA) is 89.8 Å². The van der Waals surface area contributed by atoms with Crippen LogP contribution in [0, 0.1) is 5.92 Å². The summed E-state index contributed by atoms with van der Waals surface area (Å²) >= 11 is 0. The maximum Gasteiger partial charge on any atom is 0.276 e. The molecule has 2 amide bonds. The van der Waals surface area contributed by atoms with Crippen molar-refractivity contribution in [3.8, 4) is 11.5 Å². The van der Waals surface area contributed by atoms with Gasteiger partial charge in [-0.1, -0.05) is 5.21 Å². The number of piperidine rings is 1. The fourth-order valence-electron chi connectivity index (χ4n) is 3.97. The Morgan fingerprint density at radius 2 is 1.97 bits per heavy atom. The Morgan fingerprint density at radius 1 is 1.19 bits per heavy atom. The standard InChI is InChI=1S/C22H31N5O4/c1-5-25(6-2)22(29)19-15-27(24-23-19)14-16-8-7-11-26(13-16)21(28)18-12-17(30-3)9-10-20(18)31-4/h9-10,12,15-16H,5-8,11,13-14H2,1-4H3. The first kappa shape index (κ1) is 22.6. The van der Waals surface area contributed by atoms with Crippen molar-refractivity contribution < 1.29 is 19.1 Å². The number of carbonyl (C=O) groups is 2. The lowest BCUT2D eigenvalue weighted by Gasteiger charge is -2.33. The fourth-order valence-corrected chi connectivity index (χ4v) is 3.97. The molecule has 2 aromatic rings. The number of methoxy groups -OCH3 is 2. The maximum absolute atomic E-state index is 13.2. The summed E-state index contributed by atoms with van der Waals surface area (Å²) in [6.07, 6.45) is 3.59. The Kier molecular flexibility index (Phi) is 7.49. The minimum atomic E-state index is -0.109. The van der Waals surface area contributed by atoms with E-state index in [1.807, 2.05) is 18.7 Å². The van der Waals surface area contributed by atoms with Gasteiger partial charge in [0.25, 0.3) is 11.8 Å². The van der Waals surface area contributed by atoms with Crippen molar-refractivity contribution in [1.82, 2.24) is 24.8 Å². The minimum absolute atomic E-state index is 0.0727. The molecule has 9 heteroatoms. The Hall–Kier alpha value is -3.10. The smallest absolute Gasteiger partial charge is 0.276 e. The van der Waals surface area contributed by atoms with E-state index >= 15 is 0 Å². The average molecular weight is 430 g/mol. The fraction of sp³-hybridized carbons (Fsp3) is 0.545. The molecular formula is C22H31N5O4. The molecule has 31 heavy (non-hydrogen) atoms. The van der Waals surface area contributed by atoms with Gasteiger partial charge in [-0.25, -0.2) is 0 Å². The van der Waals surface area contributed by atoms with Gasteiger partial charge in [0.2, 0.25) is 0 Å². The summed E-state index contributed by atoms with van der Waals surface area (Å²) in [5, 5.41) is 8.19. The van der Waals surface area contributed by atoms with Crippen molar-refractivity contribution in [1.29, 1.82) is 0 Å².